The Hall–Kier alpha value is -0.120. The van der Waals surface area contributed by atoms with E-state index in [0.29, 0.717) is 12.1 Å². The molecule has 0 spiro atoms. The predicted octanol–water partition coefficient (Wildman–Crippen LogP) is 1.53. The number of nitrogens with two attached hydrogens (primary N) is 1. The molecule has 3 unspecified atom stereocenters. The topological polar surface area (TPSA) is 32.5 Å². The van der Waals surface area contributed by atoms with E-state index in [1.807, 2.05) is 0 Å². The molecule has 1 saturated heterocycles. The van der Waals surface area contributed by atoms with Crippen LogP contribution >= 0.6 is 0 Å². The molecule has 1 fully saturated rings. The Bertz CT molecular complexity index is 194. The average molecular weight is 227 g/mol. The first kappa shape index (κ1) is 13.9. The molecule has 3 heteroatoms. The molecule has 0 aromatic rings. The maximum absolute atomic E-state index is 5.86. The summed E-state index contributed by atoms with van der Waals surface area (Å²) in [4.78, 5) is 5.08. The normalized spacial score (nSPS) is 26.2. The lowest BCUT2D eigenvalue weighted by Gasteiger charge is -2.32. The van der Waals surface area contributed by atoms with Gasteiger partial charge in [-0.3, -0.25) is 4.90 Å². The average Bonchev–Trinajstić information content (AvgIpc) is 2.64. The molecule has 0 radical (unpaired) electrons. The smallest absolute Gasteiger partial charge is 0.0223 e. The highest BCUT2D eigenvalue weighted by Gasteiger charge is 2.25. The number of hydrogen-bond donors (Lipinski definition) is 1. The van der Waals surface area contributed by atoms with E-state index in [0.717, 1.165) is 12.5 Å². The summed E-state index contributed by atoms with van der Waals surface area (Å²) in [6.45, 7) is 10.3. The standard InChI is InChI=1S/C13H29N3/c1-5-16-8-6-7-13(16)10-15(4)12(3)9-11(2)14/h11-13H,5-10,14H2,1-4H3. The first-order valence-corrected chi connectivity index (χ1v) is 6.74. The van der Waals surface area contributed by atoms with E-state index in [1.54, 1.807) is 0 Å². The minimum Gasteiger partial charge on any atom is -0.328 e. The van der Waals surface area contributed by atoms with Gasteiger partial charge >= 0.3 is 0 Å². The Morgan fingerprint density at radius 1 is 1.44 bits per heavy atom. The van der Waals surface area contributed by atoms with Crippen LogP contribution in [0.25, 0.3) is 0 Å². The molecule has 96 valence electrons. The molecule has 1 rings (SSSR count). The monoisotopic (exact) mass is 227 g/mol. The minimum atomic E-state index is 0.309. The molecule has 1 aliphatic heterocycles. The van der Waals surface area contributed by atoms with Gasteiger partial charge in [-0.05, 0) is 53.2 Å². The fourth-order valence-corrected chi connectivity index (χ4v) is 2.75. The van der Waals surface area contributed by atoms with Crippen molar-refractivity contribution in [1.29, 1.82) is 0 Å². The highest BCUT2D eigenvalue weighted by atomic mass is 15.2. The molecule has 3 nitrogen and oxygen atoms in total. The summed E-state index contributed by atoms with van der Waals surface area (Å²) in [6.07, 6.45) is 3.83. The van der Waals surface area contributed by atoms with Crippen LogP contribution in [0.5, 0.6) is 0 Å². The van der Waals surface area contributed by atoms with Crippen LogP contribution in [0.3, 0.4) is 0 Å². The maximum Gasteiger partial charge on any atom is 0.0223 e. The highest BCUT2D eigenvalue weighted by molar-refractivity contribution is 4.82. The van der Waals surface area contributed by atoms with Crippen LogP contribution in [0.2, 0.25) is 0 Å². The molecule has 16 heavy (non-hydrogen) atoms. The summed E-state index contributed by atoms with van der Waals surface area (Å²) in [7, 11) is 2.24. The zero-order valence-electron chi connectivity index (χ0n) is 11.4. The van der Waals surface area contributed by atoms with Gasteiger partial charge < -0.3 is 10.6 Å². The van der Waals surface area contributed by atoms with Gasteiger partial charge in [-0.1, -0.05) is 6.92 Å². The van der Waals surface area contributed by atoms with Crippen molar-refractivity contribution in [2.45, 2.75) is 58.2 Å². The van der Waals surface area contributed by atoms with E-state index in [-0.39, 0.29) is 0 Å². The van der Waals surface area contributed by atoms with Gasteiger partial charge in [-0.15, -0.1) is 0 Å². The fraction of sp³-hybridized carbons (Fsp3) is 1.00. The summed E-state index contributed by atoms with van der Waals surface area (Å²) in [5, 5.41) is 0. The van der Waals surface area contributed by atoms with E-state index >= 15 is 0 Å². The van der Waals surface area contributed by atoms with Crippen molar-refractivity contribution in [2.24, 2.45) is 5.73 Å². The summed E-state index contributed by atoms with van der Waals surface area (Å²) in [6, 6.07) is 1.67. The van der Waals surface area contributed by atoms with Gasteiger partial charge in [0.25, 0.3) is 0 Å². The van der Waals surface area contributed by atoms with Crippen molar-refractivity contribution in [1.82, 2.24) is 9.80 Å². The summed E-state index contributed by atoms with van der Waals surface area (Å²) in [5.74, 6) is 0. The van der Waals surface area contributed by atoms with Crippen molar-refractivity contribution < 1.29 is 0 Å². The number of hydrogen-bond acceptors (Lipinski definition) is 3. The Morgan fingerprint density at radius 2 is 2.12 bits per heavy atom. The quantitative estimate of drug-likeness (QED) is 0.747. The van der Waals surface area contributed by atoms with Crippen molar-refractivity contribution in [3.8, 4) is 0 Å². The van der Waals surface area contributed by atoms with Gasteiger partial charge in [0.1, 0.15) is 0 Å². The lowest BCUT2D eigenvalue weighted by molar-refractivity contribution is 0.162. The Balaban J connectivity index is 2.35. The van der Waals surface area contributed by atoms with E-state index in [2.05, 4.69) is 37.6 Å². The Kier molecular flexibility index (Phi) is 5.73. The van der Waals surface area contributed by atoms with Crippen molar-refractivity contribution in [3.63, 3.8) is 0 Å². The van der Waals surface area contributed by atoms with E-state index in [1.165, 1.54) is 32.5 Å². The second-order valence-electron chi connectivity index (χ2n) is 5.43. The third-order valence-corrected chi connectivity index (χ3v) is 3.87. The van der Waals surface area contributed by atoms with Crippen molar-refractivity contribution in [2.75, 3.05) is 26.7 Å². The molecule has 0 bridgehead atoms. The van der Waals surface area contributed by atoms with Crippen molar-refractivity contribution in [3.05, 3.63) is 0 Å². The minimum absolute atomic E-state index is 0.309. The van der Waals surface area contributed by atoms with E-state index < -0.39 is 0 Å². The molecule has 0 amide bonds. The van der Waals surface area contributed by atoms with Crippen LogP contribution in [0.1, 0.15) is 40.0 Å². The molecule has 0 aliphatic carbocycles. The lowest BCUT2D eigenvalue weighted by atomic mass is 10.1. The molecule has 3 atom stereocenters. The number of likely N-dealkylation sites (tertiary alicyclic amines) is 1. The van der Waals surface area contributed by atoms with Gasteiger partial charge in [0.15, 0.2) is 0 Å². The number of nitrogens with zero attached hydrogens (tertiary/aromatic N) is 2. The molecule has 0 aromatic carbocycles. The SMILES string of the molecule is CCN1CCCC1CN(C)C(C)CC(C)N. The van der Waals surface area contributed by atoms with Gasteiger partial charge in [-0.2, -0.15) is 0 Å². The van der Waals surface area contributed by atoms with Crippen LogP contribution in [0, 0.1) is 0 Å². The molecule has 0 aromatic heterocycles. The lowest BCUT2D eigenvalue weighted by Crippen LogP contribution is -2.43. The maximum atomic E-state index is 5.86. The number of rotatable bonds is 6. The molecule has 0 saturated carbocycles. The zero-order valence-corrected chi connectivity index (χ0v) is 11.4. The molecule has 1 heterocycles. The second-order valence-corrected chi connectivity index (χ2v) is 5.43. The van der Waals surface area contributed by atoms with Crippen LogP contribution in [0.4, 0.5) is 0 Å². The molecular formula is C13H29N3. The van der Waals surface area contributed by atoms with Crippen LogP contribution in [-0.2, 0) is 0 Å². The highest BCUT2D eigenvalue weighted by Crippen LogP contribution is 2.18. The summed E-state index contributed by atoms with van der Waals surface area (Å²) in [5.41, 5.74) is 5.86. The first-order valence-electron chi connectivity index (χ1n) is 6.74. The Morgan fingerprint density at radius 3 is 2.69 bits per heavy atom. The third-order valence-electron chi connectivity index (χ3n) is 3.87. The van der Waals surface area contributed by atoms with Gasteiger partial charge in [-0.25, -0.2) is 0 Å². The largest absolute Gasteiger partial charge is 0.328 e. The Labute approximate surface area is 101 Å². The summed E-state index contributed by atoms with van der Waals surface area (Å²) >= 11 is 0. The summed E-state index contributed by atoms with van der Waals surface area (Å²) < 4.78 is 0. The third kappa shape index (κ3) is 4.04. The molecule has 2 N–H and O–H groups in total. The first-order chi connectivity index (χ1) is 7.54. The van der Waals surface area contributed by atoms with E-state index in [4.69, 9.17) is 5.73 Å². The van der Waals surface area contributed by atoms with Crippen molar-refractivity contribution >= 4 is 0 Å². The van der Waals surface area contributed by atoms with Crippen LogP contribution in [-0.4, -0.2) is 54.6 Å². The van der Waals surface area contributed by atoms with Gasteiger partial charge in [0.05, 0.1) is 0 Å². The molecular weight excluding hydrogens is 198 g/mol. The van der Waals surface area contributed by atoms with Crippen LogP contribution in [0.15, 0.2) is 0 Å². The van der Waals surface area contributed by atoms with E-state index in [9.17, 15) is 0 Å². The van der Waals surface area contributed by atoms with Gasteiger partial charge in [0, 0.05) is 24.7 Å². The number of likely N-dealkylation sites (N-methyl/N-ethyl adjacent to an activating group) is 2. The van der Waals surface area contributed by atoms with Gasteiger partial charge in [0.2, 0.25) is 0 Å². The second kappa shape index (κ2) is 6.58. The molecule has 1 aliphatic rings. The fourth-order valence-electron chi connectivity index (χ4n) is 2.75. The van der Waals surface area contributed by atoms with Crippen LogP contribution < -0.4 is 5.73 Å². The predicted molar refractivity (Wildman–Crippen MR) is 70.6 cm³/mol. The zero-order chi connectivity index (χ0) is 12.1.